The Morgan fingerprint density at radius 1 is 1.57 bits per heavy atom. The maximum Gasteiger partial charge on any atom is 0.00959 e. The van der Waals surface area contributed by atoms with E-state index in [0.717, 1.165) is 0 Å². The minimum Gasteiger partial charge on any atom is -0.281 e. The van der Waals surface area contributed by atoms with Gasteiger partial charge in [-0.1, -0.05) is 31.8 Å². The van der Waals surface area contributed by atoms with E-state index < -0.39 is 9.55 Å². The lowest BCUT2D eigenvalue weighted by Gasteiger charge is -2.14. The van der Waals surface area contributed by atoms with Crippen molar-refractivity contribution in [2.45, 2.75) is 19.1 Å². The van der Waals surface area contributed by atoms with Crippen molar-refractivity contribution >= 4 is 18.0 Å². The highest BCUT2D eigenvalue weighted by atomic mass is 32.8. The van der Waals surface area contributed by atoms with Gasteiger partial charge >= 0.3 is 0 Å². The second-order valence-electron chi connectivity index (χ2n) is 2.15. The first-order chi connectivity index (χ1) is 2.94. The molecule has 0 aromatic heterocycles. The van der Waals surface area contributed by atoms with Crippen LogP contribution in [0.2, 0.25) is 0 Å². The fourth-order valence-corrected chi connectivity index (χ4v) is 0. The predicted octanol–water partition coefficient (Wildman–Crippen LogP) is 0.831. The van der Waals surface area contributed by atoms with Gasteiger partial charge in [0.05, 0.1) is 0 Å². The maximum absolute atomic E-state index is 10.9. The summed E-state index contributed by atoms with van der Waals surface area (Å²) in [6.45, 7) is 3.93. The van der Waals surface area contributed by atoms with Crippen LogP contribution in [0.3, 0.4) is 0 Å². The first-order valence-electron chi connectivity index (χ1n) is 2.30. The van der Waals surface area contributed by atoms with Gasteiger partial charge in [-0.25, -0.2) is 0 Å². The van der Waals surface area contributed by atoms with Crippen molar-refractivity contribution in [2.24, 2.45) is 0 Å². The standard InChI is InChI=1S/C4H13OPS/c1-4(2)7(3,5)6/h4,7H,6H2,1-3H3. The van der Waals surface area contributed by atoms with Gasteiger partial charge in [0.1, 0.15) is 0 Å². The number of thiol groups is 1. The fraction of sp³-hybridized carbons (Fsp3) is 1.00. The average Bonchev–Trinajstić information content (AvgIpc) is 1.31. The summed E-state index contributed by atoms with van der Waals surface area (Å²) in [7, 11) is 0.566. The van der Waals surface area contributed by atoms with Crippen LogP contribution in [-0.4, -0.2) is 15.7 Å². The van der Waals surface area contributed by atoms with Crippen molar-refractivity contribution in [2.75, 3.05) is 6.26 Å². The van der Waals surface area contributed by atoms with Gasteiger partial charge in [-0.05, 0) is 6.26 Å². The highest BCUT2D eigenvalue weighted by Gasteiger charge is 2.03. The summed E-state index contributed by atoms with van der Waals surface area (Å²) in [6.07, 6.45) is 1.78. The van der Waals surface area contributed by atoms with Gasteiger partial charge in [0.15, 0.2) is 0 Å². The van der Waals surface area contributed by atoms with E-state index in [1.807, 2.05) is 13.8 Å². The topological polar surface area (TPSA) is 17.1 Å². The molecule has 1 atom stereocenters. The molecule has 0 amide bonds. The minimum absolute atomic E-state index is 0.317. The van der Waals surface area contributed by atoms with Crippen molar-refractivity contribution < 1.29 is 4.21 Å². The van der Waals surface area contributed by atoms with E-state index in [-0.39, 0.29) is 0 Å². The second-order valence-corrected chi connectivity index (χ2v) is 8.38. The van der Waals surface area contributed by atoms with E-state index in [1.165, 1.54) is 0 Å². The molecule has 0 aliphatic heterocycles. The molecule has 1 nitrogen and oxygen atoms in total. The molecule has 0 fully saturated rings. The minimum atomic E-state index is -1.82. The fourth-order valence-electron chi connectivity index (χ4n) is 0. The maximum atomic E-state index is 10.9. The van der Waals surface area contributed by atoms with Gasteiger partial charge in [0.25, 0.3) is 0 Å². The van der Waals surface area contributed by atoms with Crippen molar-refractivity contribution in [1.29, 1.82) is 0 Å². The molecular weight excluding hydrogens is 127 g/mol. The number of hydrogen-bond acceptors (Lipinski definition) is 1. The summed E-state index contributed by atoms with van der Waals surface area (Å²) < 4.78 is 10.9. The molecule has 3 heteroatoms. The van der Waals surface area contributed by atoms with E-state index in [9.17, 15) is 4.21 Å². The molecule has 0 aromatic rings. The van der Waals surface area contributed by atoms with E-state index >= 15 is 0 Å². The molecule has 0 bridgehead atoms. The molecule has 1 unspecified atom stereocenters. The molecule has 46 valence electrons. The molecule has 0 aliphatic carbocycles. The van der Waals surface area contributed by atoms with Gasteiger partial charge < -0.3 is 0 Å². The third kappa shape index (κ3) is 3.19. The first kappa shape index (κ1) is 7.58. The first-order valence-corrected chi connectivity index (χ1v) is 6.14. The zero-order chi connectivity index (χ0) is 6.08. The van der Waals surface area contributed by atoms with Crippen LogP contribution in [0.25, 0.3) is 0 Å². The summed E-state index contributed by atoms with van der Waals surface area (Å²) in [5, 5.41) is 0.317. The van der Waals surface area contributed by atoms with Crippen LogP contribution in [0.15, 0.2) is 0 Å². The van der Waals surface area contributed by atoms with Gasteiger partial charge in [-0.2, -0.15) is 0 Å². The average molecular weight is 140 g/mol. The summed E-state index contributed by atoms with van der Waals surface area (Å²) in [5.74, 6) is 0. The molecule has 0 rings (SSSR count). The lowest BCUT2D eigenvalue weighted by atomic mass is 10.6. The zero-order valence-electron chi connectivity index (χ0n) is 5.01. The molecule has 0 N–H and O–H groups in total. The quantitative estimate of drug-likeness (QED) is 0.421. The Hall–Kier alpha value is 0.580. The van der Waals surface area contributed by atoms with E-state index in [1.54, 1.807) is 6.26 Å². The summed E-state index contributed by atoms with van der Waals surface area (Å²) >= 11 is 0. The Kier molecular flexibility index (Phi) is 2.42. The summed E-state index contributed by atoms with van der Waals surface area (Å²) in [5.41, 5.74) is 0. The molecule has 0 saturated carbocycles. The van der Waals surface area contributed by atoms with Crippen LogP contribution in [0.1, 0.15) is 13.8 Å². The van der Waals surface area contributed by atoms with E-state index in [0.29, 0.717) is 5.25 Å². The predicted molar refractivity (Wildman–Crippen MR) is 40.3 cm³/mol. The van der Waals surface area contributed by atoms with Crippen LogP contribution in [-0.2, 0) is 9.55 Å². The van der Waals surface area contributed by atoms with Crippen LogP contribution in [0.4, 0.5) is 0 Å². The largest absolute Gasteiger partial charge is 0.281 e. The Morgan fingerprint density at radius 3 is 1.71 bits per heavy atom. The third-order valence-electron chi connectivity index (χ3n) is 1.03. The van der Waals surface area contributed by atoms with Gasteiger partial charge in [-0.15, -0.1) is 0 Å². The molecule has 0 saturated heterocycles. The molecule has 0 aliphatic rings. The molecule has 0 spiro atoms. The summed E-state index contributed by atoms with van der Waals surface area (Å²) in [4.78, 5) is 0. The van der Waals surface area contributed by atoms with E-state index in [4.69, 9.17) is 0 Å². The second kappa shape index (κ2) is 2.23. The molecular formula is C4H13OPS. The normalized spacial score (nSPS) is 15.0. The highest BCUT2D eigenvalue weighted by molar-refractivity contribution is 8.45. The molecule has 0 heterocycles. The Morgan fingerprint density at radius 2 is 1.71 bits per heavy atom. The Bertz CT molecular complexity index is 93.9. The van der Waals surface area contributed by atoms with Crippen molar-refractivity contribution in [3.8, 4) is 0 Å². The number of rotatable bonds is 1. The molecule has 7 heavy (non-hydrogen) atoms. The van der Waals surface area contributed by atoms with E-state index in [2.05, 4.69) is 8.44 Å². The molecule has 0 aromatic carbocycles. The smallest absolute Gasteiger partial charge is 0.00959 e. The summed E-state index contributed by atoms with van der Waals surface area (Å²) in [6, 6.07) is 0. The van der Waals surface area contributed by atoms with Crippen molar-refractivity contribution in [3.63, 3.8) is 0 Å². The van der Waals surface area contributed by atoms with Gasteiger partial charge in [-0.3, -0.25) is 4.21 Å². The monoisotopic (exact) mass is 140 g/mol. The Balaban J connectivity index is 3.80. The van der Waals surface area contributed by atoms with Crippen LogP contribution < -0.4 is 0 Å². The highest BCUT2D eigenvalue weighted by Crippen LogP contribution is 2.15. The molecule has 0 radical (unpaired) electrons. The Labute approximate surface area is 48.3 Å². The van der Waals surface area contributed by atoms with Crippen LogP contribution in [0.5, 0.6) is 0 Å². The van der Waals surface area contributed by atoms with Gasteiger partial charge in [0, 0.05) is 5.25 Å². The van der Waals surface area contributed by atoms with Gasteiger partial charge in [0.2, 0.25) is 0 Å². The lowest BCUT2D eigenvalue weighted by Crippen LogP contribution is -2.11. The van der Waals surface area contributed by atoms with Crippen LogP contribution in [0, 0.1) is 0 Å². The third-order valence-corrected chi connectivity index (χ3v) is 4.86. The lowest BCUT2D eigenvalue weighted by molar-refractivity contribution is 0.678. The number of hydrogen-bond donors (Lipinski definition) is 1. The van der Waals surface area contributed by atoms with Crippen molar-refractivity contribution in [1.82, 2.24) is 0 Å². The van der Waals surface area contributed by atoms with Crippen molar-refractivity contribution in [3.05, 3.63) is 0 Å². The van der Waals surface area contributed by atoms with Crippen LogP contribution >= 0.6 is 8.44 Å². The zero-order valence-corrected chi connectivity index (χ0v) is 7.06. The SMILES string of the molecule is CC(C)[SH](C)(=O)P.